The Labute approximate surface area is 115 Å². The molecule has 0 radical (unpaired) electrons. The maximum absolute atomic E-state index is 11.3. The van der Waals surface area contributed by atoms with E-state index in [1.807, 2.05) is 52.0 Å². The summed E-state index contributed by atoms with van der Waals surface area (Å²) in [7, 11) is 0. The maximum atomic E-state index is 11.3. The van der Waals surface area contributed by atoms with Crippen molar-refractivity contribution in [2.45, 2.75) is 39.7 Å². The van der Waals surface area contributed by atoms with E-state index in [1.165, 1.54) is 6.08 Å². The van der Waals surface area contributed by atoms with Gasteiger partial charge in [0, 0.05) is 6.08 Å². The summed E-state index contributed by atoms with van der Waals surface area (Å²) in [6, 6.07) is 7.62. The first-order valence-electron chi connectivity index (χ1n) is 6.54. The fraction of sp³-hybridized carbons (Fsp3) is 0.438. The second-order valence-electron chi connectivity index (χ2n) is 5.29. The van der Waals surface area contributed by atoms with E-state index in [4.69, 9.17) is 9.47 Å². The van der Waals surface area contributed by atoms with Gasteiger partial charge in [0.2, 0.25) is 0 Å². The van der Waals surface area contributed by atoms with Crippen LogP contribution in [-0.2, 0) is 9.53 Å². The van der Waals surface area contributed by atoms with Gasteiger partial charge in [0.25, 0.3) is 0 Å². The summed E-state index contributed by atoms with van der Waals surface area (Å²) in [6.45, 7) is 8.41. The standard InChI is InChI=1S/C16H22O3/c1-5-11-18-15(17)10-9-13-7-6-8-14(12-13)19-16(2,3)4/h6-10,12H,5,11H2,1-4H3/b10-9+. The van der Waals surface area contributed by atoms with Crippen LogP contribution in [0.25, 0.3) is 6.08 Å². The highest BCUT2D eigenvalue weighted by Crippen LogP contribution is 2.19. The van der Waals surface area contributed by atoms with Gasteiger partial charge in [-0.3, -0.25) is 0 Å². The van der Waals surface area contributed by atoms with Gasteiger partial charge in [0.1, 0.15) is 11.4 Å². The molecule has 0 saturated carbocycles. The highest BCUT2D eigenvalue weighted by Gasteiger charge is 2.11. The van der Waals surface area contributed by atoms with Crippen molar-refractivity contribution in [1.29, 1.82) is 0 Å². The van der Waals surface area contributed by atoms with E-state index in [2.05, 4.69) is 0 Å². The SMILES string of the molecule is CCCOC(=O)/C=C/c1cccc(OC(C)(C)C)c1. The summed E-state index contributed by atoms with van der Waals surface area (Å²) < 4.78 is 10.7. The van der Waals surface area contributed by atoms with Crippen molar-refractivity contribution in [3.8, 4) is 5.75 Å². The number of carbonyl (C=O) groups excluding carboxylic acids is 1. The van der Waals surface area contributed by atoms with Gasteiger partial charge in [-0.2, -0.15) is 0 Å². The first kappa shape index (κ1) is 15.3. The normalized spacial score (nSPS) is 11.6. The third kappa shape index (κ3) is 6.65. The van der Waals surface area contributed by atoms with E-state index in [9.17, 15) is 4.79 Å². The number of carbonyl (C=O) groups is 1. The van der Waals surface area contributed by atoms with Gasteiger partial charge in [-0.05, 0) is 51.0 Å². The third-order valence-corrected chi connectivity index (χ3v) is 2.14. The van der Waals surface area contributed by atoms with Crippen LogP contribution in [0.1, 0.15) is 39.7 Å². The minimum absolute atomic E-state index is 0.234. The zero-order valence-electron chi connectivity index (χ0n) is 12.1. The Morgan fingerprint density at radius 3 is 2.68 bits per heavy atom. The third-order valence-electron chi connectivity index (χ3n) is 2.14. The predicted molar refractivity (Wildman–Crippen MR) is 77.1 cm³/mol. The molecule has 0 aliphatic heterocycles. The molecule has 0 aromatic heterocycles. The Kier molecular flexibility index (Phi) is 5.61. The summed E-state index contributed by atoms with van der Waals surface area (Å²) in [5.41, 5.74) is 0.678. The fourth-order valence-electron chi connectivity index (χ4n) is 1.45. The lowest BCUT2D eigenvalue weighted by atomic mass is 10.1. The fourth-order valence-corrected chi connectivity index (χ4v) is 1.45. The molecule has 0 saturated heterocycles. The van der Waals surface area contributed by atoms with Crippen LogP contribution in [0.15, 0.2) is 30.3 Å². The predicted octanol–water partition coefficient (Wildman–Crippen LogP) is 3.83. The van der Waals surface area contributed by atoms with Crippen molar-refractivity contribution in [2.75, 3.05) is 6.61 Å². The van der Waals surface area contributed by atoms with E-state index in [0.29, 0.717) is 6.61 Å². The molecule has 19 heavy (non-hydrogen) atoms. The topological polar surface area (TPSA) is 35.5 Å². The zero-order valence-corrected chi connectivity index (χ0v) is 12.1. The van der Waals surface area contributed by atoms with Gasteiger partial charge in [0.15, 0.2) is 0 Å². The molecule has 0 aliphatic rings. The summed E-state index contributed by atoms with van der Waals surface area (Å²) in [4.78, 5) is 11.3. The van der Waals surface area contributed by atoms with Crippen molar-refractivity contribution in [1.82, 2.24) is 0 Å². The molecular formula is C16H22O3. The molecule has 0 fully saturated rings. The molecule has 1 rings (SSSR count). The summed E-state index contributed by atoms with van der Waals surface area (Å²) in [5, 5.41) is 0. The lowest BCUT2D eigenvalue weighted by Crippen LogP contribution is -2.22. The van der Waals surface area contributed by atoms with Gasteiger partial charge in [-0.1, -0.05) is 19.1 Å². The lowest BCUT2D eigenvalue weighted by Gasteiger charge is -2.21. The van der Waals surface area contributed by atoms with Crippen molar-refractivity contribution in [2.24, 2.45) is 0 Å². The van der Waals surface area contributed by atoms with Crippen LogP contribution < -0.4 is 4.74 Å². The number of rotatable bonds is 5. The van der Waals surface area contributed by atoms with Gasteiger partial charge in [-0.25, -0.2) is 4.79 Å². The molecule has 0 atom stereocenters. The number of hydrogen-bond donors (Lipinski definition) is 0. The smallest absolute Gasteiger partial charge is 0.330 e. The van der Waals surface area contributed by atoms with Crippen LogP contribution in [0, 0.1) is 0 Å². The number of esters is 1. The minimum Gasteiger partial charge on any atom is -0.488 e. The van der Waals surface area contributed by atoms with E-state index in [0.717, 1.165) is 17.7 Å². The summed E-state index contributed by atoms with van der Waals surface area (Å²) in [6.07, 6.45) is 3.99. The van der Waals surface area contributed by atoms with Crippen LogP contribution >= 0.6 is 0 Å². The van der Waals surface area contributed by atoms with E-state index >= 15 is 0 Å². The highest BCUT2D eigenvalue weighted by molar-refractivity contribution is 5.87. The molecule has 0 N–H and O–H groups in total. The lowest BCUT2D eigenvalue weighted by molar-refractivity contribution is -0.137. The average molecular weight is 262 g/mol. The van der Waals surface area contributed by atoms with Gasteiger partial charge < -0.3 is 9.47 Å². The Bertz CT molecular complexity index is 442. The van der Waals surface area contributed by atoms with Crippen LogP contribution in [0.4, 0.5) is 0 Å². The van der Waals surface area contributed by atoms with Crippen LogP contribution in [-0.4, -0.2) is 18.2 Å². The first-order chi connectivity index (χ1) is 8.90. The second-order valence-corrected chi connectivity index (χ2v) is 5.29. The van der Waals surface area contributed by atoms with Crippen molar-refractivity contribution < 1.29 is 14.3 Å². The van der Waals surface area contributed by atoms with E-state index < -0.39 is 0 Å². The molecule has 3 heteroatoms. The Morgan fingerprint density at radius 2 is 2.05 bits per heavy atom. The maximum Gasteiger partial charge on any atom is 0.330 e. The molecule has 1 aromatic rings. The first-order valence-corrected chi connectivity index (χ1v) is 6.54. The van der Waals surface area contributed by atoms with Crippen molar-refractivity contribution >= 4 is 12.0 Å². The number of benzene rings is 1. The molecule has 3 nitrogen and oxygen atoms in total. The molecule has 0 spiro atoms. The minimum atomic E-state index is -0.316. The van der Waals surface area contributed by atoms with Gasteiger partial charge >= 0.3 is 5.97 Å². The molecule has 1 aromatic carbocycles. The molecule has 0 heterocycles. The summed E-state index contributed by atoms with van der Waals surface area (Å²) >= 11 is 0. The largest absolute Gasteiger partial charge is 0.488 e. The Hall–Kier alpha value is -1.77. The zero-order chi connectivity index (χ0) is 14.3. The quantitative estimate of drug-likeness (QED) is 0.597. The van der Waals surface area contributed by atoms with E-state index in [-0.39, 0.29) is 11.6 Å². The molecule has 0 amide bonds. The van der Waals surface area contributed by atoms with Gasteiger partial charge in [0.05, 0.1) is 6.61 Å². The molecular weight excluding hydrogens is 240 g/mol. The van der Waals surface area contributed by atoms with E-state index in [1.54, 1.807) is 6.08 Å². The Morgan fingerprint density at radius 1 is 1.32 bits per heavy atom. The summed E-state index contributed by atoms with van der Waals surface area (Å²) in [5.74, 6) is 0.473. The molecule has 0 bridgehead atoms. The van der Waals surface area contributed by atoms with Crippen LogP contribution in [0.3, 0.4) is 0 Å². The van der Waals surface area contributed by atoms with Gasteiger partial charge in [-0.15, -0.1) is 0 Å². The second kappa shape index (κ2) is 6.98. The monoisotopic (exact) mass is 262 g/mol. The molecule has 0 aliphatic carbocycles. The number of ether oxygens (including phenoxy) is 2. The van der Waals surface area contributed by atoms with Crippen molar-refractivity contribution in [3.63, 3.8) is 0 Å². The Balaban J connectivity index is 2.66. The van der Waals surface area contributed by atoms with Crippen molar-refractivity contribution in [3.05, 3.63) is 35.9 Å². The van der Waals surface area contributed by atoms with Crippen LogP contribution in [0.2, 0.25) is 0 Å². The average Bonchev–Trinajstić information content (AvgIpc) is 2.32. The highest BCUT2D eigenvalue weighted by atomic mass is 16.5. The molecule has 0 unspecified atom stereocenters. The van der Waals surface area contributed by atoms with Crippen LogP contribution in [0.5, 0.6) is 5.75 Å². The molecule has 104 valence electrons. The number of hydrogen-bond acceptors (Lipinski definition) is 3.